The quantitative estimate of drug-likeness (QED) is 0.121. The number of aromatic nitrogens is 2. The summed E-state index contributed by atoms with van der Waals surface area (Å²) in [6, 6.07) is 31.4. The number of ether oxygens (including phenoxy) is 1. The van der Waals surface area contributed by atoms with E-state index in [4.69, 9.17) is 4.74 Å². The summed E-state index contributed by atoms with van der Waals surface area (Å²) in [7, 11) is 3.34. The summed E-state index contributed by atoms with van der Waals surface area (Å²) in [6.45, 7) is 1.84. The highest BCUT2D eigenvalue weighted by Crippen LogP contribution is 2.39. The Kier molecular flexibility index (Phi) is 11.2. The normalized spacial score (nSPS) is 16.9. The lowest BCUT2D eigenvalue weighted by Gasteiger charge is -2.34. The number of nitrogens with zero attached hydrogens (tertiary/aromatic N) is 4. The minimum atomic E-state index is -0.542. The van der Waals surface area contributed by atoms with E-state index < -0.39 is 17.6 Å². The van der Waals surface area contributed by atoms with Crippen molar-refractivity contribution in [3.05, 3.63) is 126 Å². The maximum atomic E-state index is 15.4. The zero-order valence-corrected chi connectivity index (χ0v) is 34.9. The van der Waals surface area contributed by atoms with E-state index in [-0.39, 0.29) is 41.8 Å². The van der Waals surface area contributed by atoms with Gasteiger partial charge in [-0.25, -0.2) is 4.39 Å². The highest BCUT2D eigenvalue weighted by atomic mass is 19.1. The van der Waals surface area contributed by atoms with Gasteiger partial charge < -0.3 is 25.2 Å². The second-order valence-electron chi connectivity index (χ2n) is 16.2. The van der Waals surface area contributed by atoms with E-state index in [1.165, 1.54) is 6.07 Å². The number of carbonyl (C=O) groups is 5. The van der Waals surface area contributed by atoms with Gasteiger partial charge in [0.15, 0.2) is 5.69 Å². The van der Waals surface area contributed by atoms with E-state index in [9.17, 15) is 24.0 Å². The molecular formula is C49H46FN7O6. The number of piperidine rings is 2. The van der Waals surface area contributed by atoms with E-state index >= 15 is 4.39 Å². The molecule has 4 heterocycles. The van der Waals surface area contributed by atoms with Crippen LogP contribution in [0.2, 0.25) is 0 Å². The number of hydrogen-bond acceptors (Lipinski definition) is 8. The van der Waals surface area contributed by atoms with Crippen LogP contribution in [0.25, 0.3) is 33.2 Å². The van der Waals surface area contributed by atoms with Crippen LogP contribution < -0.4 is 30.5 Å². The van der Waals surface area contributed by atoms with Gasteiger partial charge in [-0.3, -0.25) is 34.0 Å². The van der Waals surface area contributed by atoms with Gasteiger partial charge in [-0.05, 0) is 107 Å². The summed E-state index contributed by atoms with van der Waals surface area (Å²) < 4.78 is 23.5. The van der Waals surface area contributed by atoms with Gasteiger partial charge in [-0.15, -0.1) is 0 Å². The number of carbonyl (C=O) groups excluding carboxylic acids is 5. The Hall–Kier alpha value is -7.35. The first-order chi connectivity index (χ1) is 30.5. The van der Waals surface area contributed by atoms with Gasteiger partial charge in [0.05, 0.1) is 17.1 Å². The van der Waals surface area contributed by atoms with Crippen molar-refractivity contribution >= 4 is 57.5 Å². The minimum absolute atomic E-state index is 0.0737. The fourth-order valence-corrected chi connectivity index (χ4v) is 8.91. The van der Waals surface area contributed by atoms with E-state index in [1.54, 1.807) is 55.2 Å². The van der Waals surface area contributed by atoms with Gasteiger partial charge in [0.2, 0.25) is 17.7 Å². The minimum Gasteiger partial charge on any atom is -0.490 e. The summed E-state index contributed by atoms with van der Waals surface area (Å²) in [5.74, 6) is -1.50. The fraction of sp³-hybridized carbons (Fsp3) is 0.265. The van der Waals surface area contributed by atoms with Gasteiger partial charge in [-0.2, -0.15) is 5.10 Å². The third-order valence-corrected chi connectivity index (χ3v) is 12.2. The smallest absolute Gasteiger partial charge is 0.276 e. The van der Waals surface area contributed by atoms with Crippen LogP contribution in [-0.4, -0.2) is 72.1 Å². The molecule has 14 heteroatoms. The number of fused-ring (bicyclic) bond motifs is 1. The molecule has 3 saturated heterocycles. The molecule has 320 valence electrons. The van der Waals surface area contributed by atoms with E-state index in [0.29, 0.717) is 79.0 Å². The number of imide groups is 1. The molecule has 6 aromatic rings. The Morgan fingerprint density at radius 1 is 0.810 bits per heavy atom. The predicted octanol–water partition coefficient (Wildman–Crippen LogP) is 7.35. The molecule has 3 N–H and O–H groups in total. The summed E-state index contributed by atoms with van der Waals surface area (Å²) in [5, 5.41) is 13.1. The van der Waals surface area contributed by atoms with E-state index in [1.807, 2.05) is 70.5 Å². The van der Waals surface area contributed by atoms with Crippen molar-refractivity contribution in [2.24, 2.45) is 7.05 Å². The third-order valence-electron chi connectivity index (χ3n) is 12.2. The average molecular weight is 848 g/mol. The molecule has 0 radical (unpaired) electrons. The summed E-state index contributed by atoms with van der Waals surface area (Å²) in [5.41, 5.74) is 7.32. The first-order valence-corrected chi connectivity index (χ1v) is 21.2. The molecule has 3 aliphatic rings. The topological polar surface area (TPSA) is 155 Å². The zero-order valence-electron chi connectivity index (χ0n) is 34.9. The number of rotatable bonds is 10. The summed E-state index contributed by atoms with van der Waals surface area (Å²) in [4.78, 5) is 66.6. The fourth-order valence-electron chi connectivity index (χ4n) is 8.91. The number of hydrogen-bond donors (Lipinski definition) is 3. The average Bonchev–Trinajstić information content (AvgIpc) is 3.88. The lowest BCUT2D eigenvalue weighted by Crippen LogP contribution is -2.40. The Morgan fingerprint density at radius 3 is 2.33 bits per heavy atom. The van der Waals surface area contributed by atoms with Gasteiger partial charge in [0.1, 0.15) is 17.7 Å². The Labute approximate surface area is 363 Å². The van der Waals surface area contributed by atoms with Crippen molar-refractivity contribution in [2.45, 2.75) is 50.5 Å². The maximum Gasteiger partial charge on any atom is 0.276 e. The van der Waals surface area contributed by atoms with Crippen molar-refractivity contribution in [1.82, 2.24) is 20.4 Å². The number of anilines is 3. The van der Waals surface area contributed by atoms with E-state index in [0.717, 1.165) is 39.9 Å². The lowest BCUT2D eigenvalue weighted by molar-refractivity contribution is -0.134. The van der Waals surface area contributed by atoms with Crippen molar-refractivity contribution < 1.29 is 33.1 Å². The molecule has 13 nitrogen and oxygen atoms in total. The van der Waals surface area contributed by atoms with Crippen molar-refractivity contribution in [1.29, 1.82) is 0 Å². The number of halogens is 1. The molecule has 3 fully saturated rings. The van der Waals surface area contributed by atoms with Crippen LogP contribution >= 0.6 is 0 Å². The molecule has 5 amide bonds. The second kappa shape index (κ2) is 17.2. The lowest BCUT2D eigenvalue weighted by atomic mass is 9.90. The van der Waals surface area contributed by atoms with Gasteiger partial charge in [0, 0.05) is 81.7 Å². The van der Waals surface area contributed by atoms with Crippen molar-refractivity contribution in [2.75, 3.05) is 41.8 Å². The first kappa shape index (κ1) is 41.0. The van der Waals surface area contributed by atoms with Crippen molar-refractivity contribution in [3.8, 4) is 28.0 Å². The first-order valence-electron chi connectivity index (χ1n) is 21.2. The van der Waals surface area contributed by atoms with Crippen LogP contribution in [0.3, 0.4) is 0 Å². The van der Waals surface area contributed by atoms with Crippen LogP contribution in [0.1, 0.15) is 70.9 Å². The molecule has 0 saturated carbocycles. The summed E-state index contributed by atoms with van der Waals surface area (Å²) >= 11 is 0. The van der Waals surface area contributed by atoms with Crippen LogP contribution in [0.15, 0.2) is 103 Å². The molecule has 9 rings (SSSR count). The third kappa shape index (κ3) is 8.36. The molecule has 63 heavy (non-hydrogen) atoms. The molecule has 1 atom stereocenters. The molecule has 1 aromatic heterocycles. The largest absolute Gasteiger partial charge is 0.490 e. The second-order valence-corrected chi connectivity index (χ2v) is 16.2. The molecule has 3 aliphatic heterocycles. The molecule has 0 aliphatic carbocycles. The SMILES string of the molecule is CNC(=O)c1cccc(NC(=O)c2nn(C)c3ccc(-c4ccc(N5CCCC5=O)cc4-c4ccc(OC5CCN(c6ccc(C7CCC(=O)NC7=O)cc6F)CC5)cc4)cc23)c1. The Balaban J connectivity index is 0.936. The van der Waals surface area contributed by atoms with Crippen LogP contribution in [0.5, 0.6) is 5.75 Å². The molecular weight excluding hydrogens is 802 g/mol. The molecule has 0 spiro atoms. The standard InChI is InChI=1S/C49H46FN7O6/c1-51-47(60)32-5-3-6-33(25-32)52-49(62)46-40-26-30(10-17-42(40)55(2)54-46)37-15-12-34(57-22-4-7-45(57)59)28-39(37)29-8-13-35(14-9-29)63-36-20-23-56(24-21-36)43-18-11-31(27-41(43)50)38-16-19-44(58)53-48(38)61/h3,5-6,8-15,17-18,25-28,36,38H,4,7,16,19-24H2,1-2H3,(H,51,60)(H,52,62)(H,53,58,61). The molecule has 0 bridgehead atoms. The predicted molar refractivity (Wildman–Crippen MR) is 238 cm³/mol. The maximum absolute atomic E-state index is 15.4. The van der Waals surface area contributed by atoms with Gasteiger partial charge in [-0.1, -0.05) is 36.4 Å². The monoisotopic (exact) mass is 847 g/mol. The number of aryl methyl sites for hydroxylation is 1. The van der Waals surface area contributed by atoms with Crippen LogP contribution in [-0.2, 0) is 21.4 Å². The van der Waals surface area contributed by atoms with E-state index in [2.05, 4.69) is 21.0 Å². The van der Waals surface area contributed by atoms with Crippen molar-refractivity contribution in [3.63, 3.8) is 0 Å². The summed E-state index contributed by atoms with van der Waals surface area (Å²) in [6.07, 6.45) is 3.20. The highest BCUT2D eigenvalue weighted by Gasteiger charge is 2.30. The number of benzene rings is 5. The zero-order chi connectivity index (χ0) is 43.8. The highest BCUT2D eigenvalue weighted by molar-refractivity contribution is 6.12. The number of amides is 5. The Morgan fingerprint density at radius 2 is 1.60 bits per heavy atom. The van der Waals surface area contributed by atoms with Gasteiger partial charge in [0.25, 0.3) is 11.8 Å². The molecule has 1 unspecified atom stereocenters. The number of nitrogens with one attached hydrogen (secondary N) is 3. The van der Waals surface area contributed by atoms with Crippen LogP contribution in [0, 0.1) is 5.82 Å². The Bertz CT molecular complexity index is 2800. The van der Waals surface area contributed by atoms with Gasteiger partial charge >= 0.3 is 0 Å². The molecule has 5 aromatic carbocycles. The van der Waals surface area contributed by atoms with Crippen LogP contribution in [0.4, 0.5) is 21.5 Å².